The maximum atomic E-state index is 10.1. The average molecular weight is 267 g/mol. The van der Waals surface area contributed by atoms with Crippen LogP contribution in [0.25, 0.3) is 0 Å². The Labute approximate surface area is 101 Å². The van der Waals surface area contributed by atoms with E-state index in [9.17, 15) is 1.92 Å². The average Bonchev–Trinajstić information content (AvgIpc) is 0.918. The third-order valence-electron chi connectivity index (χ3n) is 0. The fraction of sp³-hybridized carbons (Fsp3) is 1.00. The van der Waals surface area contributed by atoms with E-state index in [0.717, 1.165) is 0 Å². The Kier molecular flexibility index (Phi) is 7700. The Balaban J connectivity index is -0.000000000556. The van der Waals surface area contributed by atoms with Gasteiger partial charge in [-0.15, -0.1) is 0 Å². The topological polar surface area (TPSA) is 23.9 Å². The first-order valence-electron chi connectivity index (χ1n) is 0.507. The normalized spacial score (nSPS) is 0.750. The van der Waals surface area contributed by atoms with Gasteiger partial charge in [-0.3, -0.25) is 0 Å². The van der Waals surface area contributed by atoms with Crippen LogP contribution in [0.2, 0.25) is 0 Å². The summed E-state index contributed by atoms with van der Waals surface area (Å²) in [6.07, 6.45) is 0. The van der Waals surface area contributed by atoms with Gasteiger partial charge in [0.25, 0.3) is 0 Å². The molecule has 0 aliphatic carbocycles. The van der Waals surface area contributed by atoms with Crippen molar-refractivity contribution in [3.05, 3.63) is 0 Å². The number of hydrogen-bond donors (Lipinski definition) is 1. The van der Waals surface area contributed by atoms with Crippen molar-refractivity contribution >= 4 is 0 Å². The van der Waals surface area contributed by atoms with Crippen LogP contribution in [0.5, 0.6) is 0 Å². The molecule has 0 heterocycles. The van der Waals surface area contributed by atoms with E-state index in [0.29, 0.717) is 0 Å². The molecule has 1 N–H and O–H groups in total. The van der Waals surface area contributed by atoms with Crippen molar-refractivity contribution in [3.8, 4) is 0 Å². The molecular weight excluding hydrogens is 230 g/mol. The number of halogens is 1. The van der Waals surface area contributed by atoms with Crippen molar-refractivity contribution in [2.75, 3.05) is 0 Å². The molecule has 0 aromatic carbocycles. The molecule has 0 bridgehead atoms. The molecule has 0 aromatic rings. The standard InChI is InChI=1S/9CH4.FH.HN.Y/h9*1H4;2*1H;/q;;;;;;;;;;;+1/p-1. The Morgan fingerprint density at radius 1 is 0.583 bits per heavy atom. The summed E-state index contributed by atoms with van der Waals surface area (Å²) < 4.78 is 15.9. The molecule has 0 fully saturated rings. The summed E-state index contributed by atoms with van der Waals surface area (Å²) in [7, 11) is 0. The van der Waals surface area contributed by atoms with Gasteiger partial charge >= 0.3 is 34.2 Å². The van der Waals surface area contributed by atoms with Crippen LogP contribution in [-0.2, 0) is 29.8 Å². The first-order chi connectivity index (χ1) is 1.41. The zero-order valence-electron chi connectivity index (χ0n) is 1.46. The molecule has 12 heavy (non-hydrogen) atoms. The fourth-order valence-electron chi connectivity index (χ4n) is 0. The molecule has 0 atom stereocenters. The summed E-state index contributed by atoms with van der Waals surface area (Å²) in [5, 5.41) is 0. The Hall–Kier alpha value is 0.834. The molecule has 0 rings (SSSR count). The summed E-state index contributed by atoms with van der Waals surface area (Å²) in [6.45, 7) is 0. The van der Waals surface area contributed by atoms with E-state index >= 15 is 0 Å². The third kappa shape index (κ3) is 1510. The second-order valence-electron chi connectivity index (χ2n) is 0.109. The van der Waals surface area contributed by atoms with Crippen LogP contribution in [0, 0.1) is 2.47 Å². The third-order valence-corrected chi connectivity index (χ3v) is 0. The van der Waals surface area contributed by atoms with E-state index in [1.54, 1.807) is 0 Å². The van der Waals surface area contributed by atoms with Crippen LogP contribution in [0.1, 0.15) is 66.8 Å². The zero-order valence-corrected chi connectivity index (χ0v) is 4.29. The molecule has 0 aromatic heterocycles. The summed E-state index contributed by atoms with van der Waals surface area (Å²) in [5.74, 6) is 0. The van der Waals surface area contributed by atoms with Crippen molar-refractivity contribution in [3.63, 3.8) is 0 Å². The maximum absolute atomic E-state index is 10.1. The molecule has 3 heteroatoms. The summed E-state index contributed by atoms with van der Waals surface area (Å²) in [4.78, 5) is 0. The van der Waals surface area contributed by atoms with Crippen LogP contribution in [0.4, 0.5) is 1.92 Å². The minimum absolute atomic E-state index is 0. The second kappa shape index (κ2) is 413. The molecule has 0 unspecified atom stereocenters. The minimum atomic E-state index is -2.14. The van der Waals surface area contributed by atoms with Gasteiger partial charge < -0.3 is 0 Å². The Bertz CT molecular complexity index is 22.0. The molecule has 88 valence electrons. The summed E-state index contributed by atoms with van der Waals surface area (Å²) >= 11 is -2.14. The molecule has 0 amide bonds. The zero-order chi connectivity index (χ0) is 2.71. The van der Waals surface area contributed by atoms with Gasteiger partial charge in [0.2, 0.25) is 0 Å². The van der Waals surface area contributed by atoms with E-state index in [-0.39, 0.29) is 66.8 Å². The number of rotatable bonds is 0. The molecule has 0 radical (unpaired) electrons. The summed E-state index contributed by atoms with van der Waals surface area (Å²) in [5.41, 5.74) is 0. The van der Waals surface area contributed by atoms with Gasteiger partial charge in [0.1, 0.15) is 0 Å². The van der Waals surface area contributed by atoms with Crippen LogP contribution in [0.3, 0.4) is 0 Å². The first-order valence-corrected chi connectivity index (χ1v) is 3.00. The quantitative estimate of drug-likeness (QED) is 0.522. The molecule has 1 nitrogen and oxygen atoms in total. The van der Waals surface area contributed by atoms with Gasteiger partial charge in [0, 0.05) is 0 Å². The molecular formula is C9H37FNY. The van der Waals surface area contributed by atoms with Crippen molar-refractivity contribution in [1.29, 1.82) is 2.47 Å². The van der Waals surface area contributed by atoms with E-state index in [1.807, 2.05) is 0 Å². The van der Waals surface area contributed by atoms with Crippen LogP contribution >= 0.6 is 0 Å². The molecule has 0 aliphatic heterocycles. The van der Waals surface area contributed by atoms with E-state index < -0.39 is 29.8 Å². The van der Waals surface area contributed by atoms with Crippen molar-refractivity contribution < 1.29 is 31.7 Å². The summed E-state index contributed by atoms with van der Waals surface area (Å²) in [6, 6.07) is 0. The molecule has 0 spiro atoms. The first kappa shape index (κ1) is 224. The molecule has 0 aliphatic rings. The van der Waals surface area contributed by atoms with E-state index in [2.05, 4.69) is 0 Å². The van der Waals surface area contributed by atoms with Gasteiger partial charge in [-0.1, -0.05) is 66.8 Å². The van der Waals surface area contributed by atoms with E-state index in [4.69, 9.17) is 2.47 Å². The van der Waals surface area contributed by atoms with Gasteiger partial charge in [0.15, 0.2) is 0 Å². The van der Waals surface area contributed by atoms with Crippen LogP contribution < -0.4 is 0 Å². The number of nitrogens with one attached hydrogen (secondary N) is 1. The van der Waals surface area contributed by atoms with Crippen LogP contribution in [0.15, 0.2) is 0 Å². The van der Waals surface area contributed by atoms with Crippen molar-refractivity contribution in [2.45, 2.75) is 66.8 Å². The van der Waals surface area contributed by atoms with Crippen LogP contribution in [-0.4, -0.2) is 0 Å². The Morgan fingerprint density at radius 2 is 0.583 bits per heavy atom. The van der Waals surface area contributed by atoms with Gasteiger partial charge in [-0.05, 0) is 0 Å². The van der Waals surface area contributed by atoms with Gasteiger partial charge in [0.05, 0.1) is 0 Å². The number of hydrogen-bond acceptors (Lipinski definition) is 1. The Morgan fingerprint density at radius 3 is 0.583 bits per heavy atom. The predicted octanol–water partition coefficient (Wildman–Crippen LogP) is 6.44. The molecule has 0 saturated heterocycles. The van der Waals surface area contributed by atoms with Gasteiger partial charge in [-0.2, -0.15) is 0 Å². The SMILES string of the molecule is C.C.C.C.C.C.C.C.C.[NH]=[Y][F]. The second-order valence-corrected chi connectivity index (χ2v) is 0.645. The fourth-order valence-corrected chi connectivity index (χ4v) is 0. The van der Waals surface area contributed by atoms with E-state index in [1.165, 1.54) is 0 Å². The van der Waals surface area contributed by atoms with Crippen molar-refractivity contribution in [1.82, 2.24) is 0 Å². The monoisotopic (exact) mass is 267 g/mol. The predicted molar refractivity (Wildman–Crippen MR) is 64.4 cm³/mol. The molecule has 0 saturated carbocycles. The van der Waals surface area contributed by atoms with Gasteiger partial charge in [-0.25, -0.2) is 0 Å². The van der Waals surface area contributed by atoms with Crippen molar-refractivity contribution in [2.24, 2.45) is 0 Å².